The molecule has 0 radical (unpaired) electrons. The van der Waals surface area contributed by atoms with E-state index in [2.05, 4.69) is 25.2 Å². The van der Waals surface area contributed by atoms with Gasteiger partial charge in [0.25, 0.3) is 0 Å². The summed E-state index contributed by atoms with van der Waals surface area (Å²) in [6, 6.07) is 6.64. The molecule has 0 aliphatic rings. The second-order valence-electron chi connectivity index (χ2n) is 4.19. The highest BCUT2D eigenvalue weighted by Crippen LogP contribution is 2.22. The van der Waals surface area contributed by atoms with Gasteiger partial charge in [-0.25, -0.2) is 0 Å². The van der Waals surface area contributed by atoms with Crippen LogP contribution in [-0.4, -0.2) is 20.3 Å². The van der Waals surface area contributed by atoms with Crippen molar-refractivity contribution in [3.05, 3.63) is 23.8 Å². The summed E-state index contributed by atoms with van der Waals surface area (Å²) in [6.07, 6.45) is 2.39. The third-order valence-electron chi connectivity index (χ3n) is 3.21. The average Bonchev–Trinajstić information content (AvgIpc) is 2.39. The van der Waals surface area contributed by atoms with Crippen LogP contribution in [0.1, 0.15) is 32.3 Å². The highest BCUT2D eigenvalue weighted by atomic mass is 16.5. The van der Waals surface area contributed by atoms with E-state index < -0.39 is 0 Å². The molecule has 2 N–H and O–H groups in total. The molecule has 0 unspecified atom stereocenters. The fourth-order valence-electron chi connectivity index (χ4n) is 1.96. The molecule has 0 bridgehead atoms. The minimum absolute atomic E-state index is 0.686. The number of quaternary nitrogens is 1. The van der Waals surface area contributed by atoms with Gasteiger partial charge in [0.05, 0.1) is 25.8 Å². The van der Waals surface area contributed by atoms with Crippen molar-refractivity contribution in [2.75, 3.05) is 14.2 Å². The number of benzene rings is 1. The van der Waals surface area contributed by atoms with Crippen LogP contribution in [0, 0.1) is 0 Å². The van der Waals surface area contributed by atoms with E-state index in [-0.39, 0.29) is 0 Å². The summed E-state index contributed by atoms with van der Waals surface area (Å²) in [7, 11) is 3.40. The second-order valence-corrected chi connectivity index (χ2v) is 4.19. The summed E-state index contributed by atoms with van der Waals surface area (Å²) in [5.41, 5.74) is 1.19. The number of rotatable bonds is 7. The smallest absolute Gasteiger partial charge is 0.127 e. The van der Waals surface area contributed by atoms with Crippen LogP contribution in [0.4, 0.5) is 0 Å². The number of methoxy groups -OCH3 is 2. The minimum Gasteiger partial charge on any atom is -0.497 e. The summed E-state index contributed by atoms with van der Waals surface area (Å²) >= 11 is 0. The van der Waals surface area contributed by atoms with Gasteiger partial charge >= 0.3 is 0 Å². The molecule has 0 fully saturated rings. The summed E-state index contributed by atoms with van der Waals surface area (Å²) in [4.78, 5) is 0. The fourth-order valence-corrected chi connectivity index (χ4v) is 1.96. The van der Waals surface area contributed by atoms with Crippen molar-refractivity contribution in [2.45, 2.75) is 39.3 Å². The first-order chi connectivity index (χ1) is 8.24. The molecule has 17 heavy (non-hydrogen) atoms. The predicted molar refractivity (Wildman–Crippen MR) is 69.5 cm³/mol. The maximum atomic E-state index is 5.37. The Bertz CT molecular complexity index is 335. The normalized spacial score (nSPS) is 10.6. The topological polar surface area (TPSA) is 35.1 Å². The zero-order valence-corrected chi connectivity index (χ0v) is 11.3. The fraction of sp³-hybridized carbons (Fsp3) is 0.571. The summed E-state index contributed by atoms with van der Waals surface area (Å²) in [6.45, 7) is 5.40. The maximum Gasteiger partial charge on any atom is 0.127 e. The Labute approximate surface area is 104 Å². The molecule has 1 rings (SSSR count). The van der Waals surface area contributed by atoms with Crippen LogP contribution >= 0.6 is 0 Å². The van der Waals surface area contributed by atoms with Gasteiger partial charge in [0.1, 0.15) is 18.0 Å². The number of ether oxygens (including phenoxy) is 2. The Morgan fingerprint density at radius 2 is 1.82 bits per heavy atom. The molecule has 0 aromatic heterocycles. The molecule has 0 spiro atoms. The number of hydrogen-bond acceptors (Lipinski definition) is 2. The quantitative estimate of drug-likeness (QED) is 0.788. The number of hydrogen-bond donors (Lipinski definition) is 1. The number of nitrogens with two attached hydrogens (primary N) is 1. The molecule has 0 saturated heterocycles. The largest absolute Gasteiger partial charge is 0.497 e. The zero-order valence-electron chi connectivity index (χ0n) is 11.3. The van der Waals surface area contributed by atoms with Crippen molar-refractivity contribution in [1.82, 2.24) is 0 Å². The Kier molecular flexibility index (Phi) is 5.84. The van der Waals surface area contributed by atoms with E-state index >= 15 is 0 Å². The van der Waals surface area contributed by atoms with Gasteiger partial charge in [-0.15, -0.1) is 0 Å². The standard InChI is InChI=1S/C14H23NO2/c1-5-12(6-2)15-10-11-9-13(16-3)7-8-14(11)17-4/h7-9,12,15H,5-6,10H2,1-4H3/p+1. The lowest BCUT2D eigenvalue weighted by molar-refractivity contribution is -0.705. The molecule has 0 aliphatic carbocycles. The van der Waals surface area contributed by atoms with Crippen LogP contribution < -0.4 is 14.8 Å². The molecule has 96 valence electrons. The van der Waals surface area contributed by atoms with E-state index in [4.69, 9.17) is 9.47 Å². The van der Waals surface area contributed by atoms with Crippen LogP contribution in [0.25, 0.3) is 0 Å². The van der Waals surface area contributed by atoms with Crippen LogP contribution in [0.5, 0.6) is 11.5 Å². The Morgan fingerprint density at radius 3 is 2.35 bits per heavy atom. The van der Waals surface area contributed by atoms with Gasteiger partial charge in [0.2, 0.25) is 0 Å². The van der Waals surface area contributed by atoms with Gasteiger partial charge < -0.3 is 14.8 Å². The van der Waals surface area contributed by atoms with E-state index in [9.17, 15) is 0 Å². The van der Waals surface area contributed by atoms with Crippen molar-refractivity contribution < 1.29 is 14.8 Å². The summed E-state index contributed by atoms with van der Waals surface area (Å²) in [5, 5.41) is 2.37. The van der Waals surface area contributed by atoms with Gasteiger partial charge in [0.15, 0.2) is 0 Å². The van der Waals surface area contributed by atoms with E-state index in [0.29, 0.717) is 6.04 Å². The van der Waals surface area contributed by atoms with E-state index in [1.165, 1.54) is 18.4 Å². The highest BCUT2D eigenvalue weighted by molar-refractivity contribution is 5.39. The maximum absolute atomic E-state index is 5.37. The first kappa shape index (κ1) is 13.8. The second kappa shape index (κ2) is 7.17. The van der Waals surface area contributed by atoms with Gasteiger partial charge in [-0.1, -0.05) is 13.8 Å². The molecule has 0 atom stereocenters. The molecule has 3 heteroatoms. The first-order valence-corrected chi connectivity index (χ1v) is 6.29. The highest BCUT2D eigenvalue weighted by Gasteiger charge is 2.10. The van der Waals surface area contributed by atoms with Crippen molar-refractivity contribution >= 4 is 0 Å². The van der Waals surface area contributed by atoms with Crippen LogP contribution in [0.2, 0.25) is 0 Å². The van der Waals surface area contributed by atoms with Crippen LogP contribution in [0.3, 0.4) is 0 Å². The molecule has 0 aliphatic heterocycles. The van der Waals surface area contributed by atoms with Crippen molar-refractivity contribution in [3.63, 3.8) is 0 Å². The zero-order chi connectivity index (χ0) is 12.7. The molecular weight excluding hydrogens is 214 g/mol. The van der Waals surface area contributed by atoms with Crippen molar-refractivity contribution in [3.8, 4) is 11.5 Å². The van der Waals surface area contributed by atoms with Gasteiger partial charge in [0, 0.05) is 0 Å². The predicted octanol–water partition coefficient (Wildman–Crippen LogP) is 1.96. The first-order valence-electron chi connectivity index (χ1n) is 6.29. The monoisotopic (exact) mass is 238 g/mol. The third-order valence-corrected chi connectivity index (χ3v) is 3.21. The molecule has 1 aromatic carbocycles. The van der Waals surface area contributed by atoms with Crippen molar-refractivity contribution in [1.29, 1.82) is 0 Å². The van der Waals surface area contributed by atoms with Crippen molar-refractivity contribution in [2.24, 2.45) is 0 Å². The van der Waals surface area contributed by atoms with E-state index in [1.54, 1.807) is 14.2 Å². The van der Waals surface area contributed by atoms with Gasteiger partial charge in [-0.05, 0) is 31.0 Å². The van der Waals surface area contributed by atoms with Crippen LogP contribution in [-0.2, 0) is 6.54 Å². The lowest BCUT2D eigenvalue weighted by Crippen LogP contribution is -2.88. The third kappa shape index (κ3) is 3.93. The summed E-state index contributed by atoms with van der Waals surface area (Å²) in [5.74, 6) is 1.83. The minimum atomic E-state index is 0.686. The molecule has 0 amide bonds. The Hall–Kier alpha value is -1.22. The molecule has 0 heterocycles. The van der Waals surface area contributed by atoms with Gasteiger partial charge in [-0.2, -0.15) is 0 Å². The molecule has 1 aromatic rings. The van der Waals surface area contributed by atoms with E-state index in [1.807, 2.05) is 12.1 Å². The lowest BCUT2D eigenvalue weighted by Gasteiger charge is -2.14. The SMILES string of the molecule is CCC(CC)[NH2+]Cc1cc(OC)ccc1OC. The Balaban J connectivity index is 2.73. The molecule has 0 saturated carbocycles. The lowest BCUT2D eigenvalue weighted by atomic mass is 10.1. The van der Waals surface area contributed by atoms with Crippen LogP contribution in [0.15, 0.2) is 18.2 Å². The average molecular weight is 238 g/mol. The summed E-state index contributed by atoms with van der Waals surface area (Å²) < 4.78 is 10.6. The van der Waals surface area contributed by atoms with E-state index in [0.717, 1.165) is 18.0 Å². The Morgan fingerprint density at radius 1 is 1.12 bits per heavy atom. The molecule has 3 nitrogen and oxygen atoms in total. The van der Waals surface area contributed by atoms with Gasteiger partial charge in [-0.3, -0.25) is 0 Å². The molecular formula is C14H24NO2+.